The Morgan fingerprint density at radius 3 is 0.882 bits per heavy atom. The van der Waals surface area contributed by atoms with Gasteiger partial charge >= 0.3 is 39.5 Å². The van der Waals surface area contributed by atoms with Crippen molar-refractivity contribution in [3.05, 3.63) is 146 Å². The third-order valence-electron chi connectivity index (χ3n) is 15.8. The van der Waals surface area contributed by atoms with E-state index in [1.165, 1.54) is 51.4 Å². The highest BCUT2D eigenvalue weighted by atomic mass is 31.2. The fraction of sp³-hybridized carbons (Fsp3) is 0.663. The highest BCUT2D eigenvalue weighted by molar-refractivity contribution is 7.47. The van der Waals surface area contributed by atoms with Gasteiger partial charge in [0.25, 0.3) is 0 Å². The van der Waals surface area contributed by atoms with Gasteiger partial charge < -0.3 is 33.8 Å². The normalized spacial score (nSPS) is 14.7. The van der Waals surface area contributed by atoms with Crippen LogP contribution in [0.4, 0.5) is 0 Å². The summed E-state index contributed by atoms with van der Waals surface area (Å²) in [5, 5.41) is 10.6. The van der Waals surface area contributed by atoms with Crippen LogP contribution in [0.15, 0.2) is 146 Å². The first-order chi connectivity index (χ1) is 49.7. The summed E-state index contributed by atoms with van der Waals surface area (Å²) in [5.41, 5.74) is 0. The van der Waals surface area contributed by atoms with E-state index in [9.17, 15) is 43.2 Å². The number of phosphoric ester groups is 2. The summed E-state index contributed by atoms with van der Waals surface area (Å²) in [5.74, 6) is -2.32. The second-order valence-corrected chi connectivity index (χ2v) is 28.4. The van der Waals surface area contributed by atoms with E-state index in [0.717, 1.165) is 161 Å². The number of hydrogen-bond acceptors (Lipinski definition) is 15. The van der Waals surface area contributed by atoms with Crippen molar-refractivity contribution in [1.82, 2.24) is 0 Å². The quantitative estimate of drug-likeness (QED) is 0.0169. The summed E-state index contributed by atoms with van der Waals surface area (Å²) in [7, 11) is -9.99. The SMILES string of the molecule is CC/C=C\C/C=C\C/C=C\C/C=C\C/C=C\C/C=C\CCC(=O)OCC(COP(=O)(O)OCC(O)COP(=O)(O)OCC(COC(=O)CCCCCC/C=C\C/C=C\C/C=C\C/C=C\CC)OC(=O)CCCCCCC/C=C\CCCCCCCC)OC(=O)CCCCCCC/C=C\CCCC. The minimum Gasteiger partial charge on any atom is -0.462 e. The predicted molar refractivity (Wildman–Crippen MR) is 417 cm³/mol. The van der Waals surface area contributed by atoms with E-state index >= 15 is 0 Å². The number of aliphatic hydroxyl groups excluding tert-OH is 1. The molecule has 19 heteroatoms. The zero-order chi connectivity index (χ0) is 74.6. The molecule has 5 atom stereocenters. The Morgan fingerprint density at radius 1 is 0.284 bits per heavy atom. The van der Waals surface area contributed by atoms with Crippen molar-refractivity contribution >= 4 is 39.5 Å². The molecule has 0 aromatic heterocycles. The minimum atomic E-state index is -5.00. The maximum Gasteiger partial charge on any atom is 0.472 e. The standard InChI is InChI=1S/C83H138O17P2/c1-5-9-13-17-21-25-29-32-35-37-38-40-43-45-49-52-56-60-64-68-80(85)93-73-78(99-82(87)69-65-61-57-53-47-28-24-20-16-12-8-4)75-97-101(89,90)95-71-77(84)72-96-102(91,92)98-76-79(100-83(88)70-66-62-58-54-50-46-41-34-31-27-23-19-15-11-7-3)74-94-81(86)67-63-59-55-51-48-44-42-39-36-33-30-26-22-18-14-10-6-2/h9-10,13-14,20-22,24-26,32-36,38,40-42,44-45,49,56,60,77-79,84H,5-8,11-12,15-19,23,27-31,37,39,43,46-48,50-55,57-59,61-76H2,1-4H3,(H,89,90)(H,91,92)/b13-9-,14-10-,24-20-,25-21-,26-22-,35-32-,36-33-,40-38-,41-34-,44-42-,49-45-,60-56-. The van der Waals surface area contributed by atoms with Gasteiger partial charge in [0, 0.05) is 25.7 Å². The smallest absolute Gasteiger partial charge is 0.462 e. The fourth-order valence-electron chi connectivity index (χ4n) is 9.86. The van der Waals surface area contributed by atoms with Crippen LogP contribution in [0.3, 0.4) is 0 Å². The first-order valence-electron chi connectivity index (χ1n) is 39.1. The molecular weight excluding hydrogens is 1330 g/mol. The number of phosphoric acid groups is 2. The molecular formula is C83H138O17P2. The molecule has 582 valence electrons. The molecule has 0 saturated heterocycles. The summed E-state index contributed by atoms with van der Waals surface area (Å²) < 4.78 is 68.4. The largest absolute Gasteiger partial charge is 0.472 e. The average Bonchev–Trinajstić information content (AvgIpc) is 0.926. The van der Waals surface area contributed by atoms with E-state index < -0.39 is 97.5 Å². The van der Waals surface area contributed by atoms with E-state index in [4.69, 9.17) is 37.0 Å². The maximum atomic E-state index is 13.1. The van der Waals surface area contributed by atoms with Gasteiger partial charge in [-0.3, -0.25) is 37.3 Å². The highest BCUT2D eigenvalue weighted by Gasteiger charge is 2.30. The van der Waals surface area contributed by atoms with Crippen molar-refractivity contribution in [2.24, 2.45) is 0 Å². The van der Waals surface area contributed by atoms with E-state index in [1.54, 1.807) is 0 Å². The van der Waals surface area contributed by atoms with E-state index in [2.05, 4.69) is 155 Å². The number of unbranched alkanes of at least 4 members (excludes halogenated alkanes) is 22. The molecule has 0 spiro atoms. The minimum absolute atomic E-state index is 0.0307. The number of hydrogen-bond donors (Lipinski definition) is 3. The van der Waals surface area contributed by atoms with E-state index in [-0.39, 0.29) is 25.7 Å². The number of aliphatic hydroxyl groups is 1. The maximum absolute atomic E-state index is 13.1. The van der Waals surface area contributed by atoms with Gasteiger partial charge in [-0.15, -0.1) is 0 Å². The summed E-state index contributed by atoms with van der Waals surface area (Å²) in [6.45, 7) is 4.46. The number of carbonyl (C=O) groups excluding carboxylic acids is 4. The first-order valence-corrected chi connectivity index (χ1v) is 42.1. The van der Waals surface area contributed by atoms with Gasteiger partial charge in [0.05, 0.1) is 26.4 Å². The molecule has 0 saturated carbocycles. The Bertz CT molecular complexity index is 2510. The lowest BCUT2D eigenvalue weighted by molar-refractivity contribution is -0.161. The lowest BCUT2D eigenvalue weighted by atomic mass is 10.1. The molecule has 3 N–H and O–H groups in total. The Balaban J connectivity index is 5.42. The topological polar surface area (TPSA) is 237 Å². The molecule has 0 bridgehead atoms. The van der Waals surface area contributed by atoms with Crippen molar-refractivity contribution in [3.8, 4) is 0 Å². The van der Waals surface area contributed by atoms with Crippen LogP contribution in [0, 0.1) is 0 Å². The van der Waals surface area contributed by atoms with Gasteiger partial charge in [-0.1, -0.05) is 270 Å². The van der Waals surface area contributed by atoms with Crippen molar-refractivity contribution in [2.45, 2.75) is 316 Å². The Labute approximate surface area is 617 Å². The monoisotopic (exact) mass is 1470 g/mol. The van der Waals surface area contributed by atoms with Gasteiger partial charge in [0.1, 0.15) is 19.3 Å². The van der Waals surface area contributed by atoms with Crippen molar-refractivity contribution in [1.29, 1.82) is 0 Å². The Hall–Kier alpha value is -5.06. The van der Waals surface area contributed by atoms with Crippen LogP contribution < -0.4 is 0 Å². The van der Waals surface area contributed by atoms with Crippen LogP contribution in [-0.2, 0) is 65.4 Å². The molecule has 17 nitrogen and oxygen atoms in total. The molecule has 102 heavy (non-hydrogen) atoms. The predicted octanol–water partition coefficient (Wildman–Crippen LogP) is 22.7. The third kappa shape index (κ3) is 73.3. The van der Waals surface area contributed by atoms with Crippen LogP contribution in [0.2, 0.25) is 0 Å². The summed E-state index contributed by atoms with van der Waals surface area (Å²) in [6, 6.07) is 0. The van der Waals surface area contributed by atoms with Crippen LogP contribution in [0.1, 0.15) is 297 Å². The highest BCUT2D eigenvalue weighted by Crippen LogP contribution is 2.45. The fourth-order valence-corrected chi connectivity index (χ4v) is 11.4. The van der Waals surface area contributed by atoms with Gasteiger partial charge in [0.2, 0.25) is 0 Å². The third-order valence-corrected chi connectivity index (χ3v) is 17.7. The molecule has 0 aliphatic rings. The number of allylic oxidation sites excluding steroid dienone is 24. The summed E-state index contributed by atoms with van der Waals surface area (Å²) >= 11 is 0. The molecule has 0 fully saturated rings. The average molecular weight is 1470 g/mol. The van der Waals surface area contributed by atoms with Crippen LogP contribution in [-0.4, -0.2) is 96.7 Å². The number of esters is 4. The molecule has 0 heterocycles. The summed E-state index contributed by atoms with van der Waals surface area (Å²) in [6.07, 6.45) is 84.2. The van der Waals surface area contributed by atoms with Gasteiger partial charge in [-0.05, 0) is 148 Å². The summed E-state index contributed by atoms with van der Waals surface area (Å²) in [4.78, 5) is 72.9. The molecule has 0 aliphatic carbocycles. The van der Waals surface area contributed by atoms with Crippen LogP contribution >= 0.6 is 15.6 Å². The number of carbonyl (C=O) groups is 4. The molecule has 5 unspecified atom stereocenters. The lowest BCUT2D eigenvalue weighted by Gasteiger charge is -2.21. The molecule has 0 aliphatic heterocycles. The molecule has 0 rings (SSSR count). The van der Waals surface area contributed by atoms with Crippen molar-refractivity contribution in [3.63, 3.8) is 0 Å². The van der Waals surface area contributed by atoms with Crippen molar-refractivity contribution in [2.75, 3.05) is 39.6 Å². The Morgan fingerprint density at radius 2 is 0.539 bits per heavy atom. The van der Waals surface area contributed by atoms with E-state index in [0.29, 0.717) is 32.1 Å². The number of ether oxygens (including phenoxy) is 4. The van der Waals surface area contributed by atoms with E-state index in [1.807, 2.05) is 18.2 Å². The van der Waals surface area contributed by atoms with Gasteiger partial charge in [-0.25, -0.2) is 9.13 Å². The van der Waals surface area contributed by atoms with Gasteiger partial charge in [0.15, 0.2) is 12.2 Å². The first kappa shape index (κ1) is 96.9. The molecule has 0 aromatic carbocycles. The molecule has 0 radical (unpaired) electrons. The van der Waals surface area contributed by atoms with Gasteiger partial charge in [-0.2, -0.15) is 0 Å². The van der Waals surface area contributed by atoms with Crippen LogP contribution in [0.25, 0.3) is 0 Å². The second-order valence-electron chi connectivity index (χ2n) is 25.5. The second kappa shape index (κ2) is 74.2. The molecule has 0 aromatic rings. The molecule has 0 amide bonds. The zero-order valence-corrected chi connectivity index (χ0v) is 65.3. The van der Waals surface area contributed by atoms with Crippen LogP contribution in [0.5, 0.6) is 0 Å². The Kier molecular flexibility index (Phi) is 70.5. The zero-order valence-electron chi connectivity index (χ0n) is 63.5. The lowest BCUT2D eigenvalue weighted by Crippen LogP contribution is -2.30. The number of rotatable bonds is 72. The van der Waals surface area contributed by atoms with Crippen molar-refractivity contribution < 1.29 is 80.2 Å².